The van der Waals surface area contributed by atoms with Gasteiger partial charge in [-0.3, -0.25) is 4.79 Å². The number of benzene rings is 2. The maximum absolute atomic E-state index is 12.9. The molecule has 0 aliphatic carbocycles. The fourth-order valence-corrected chi connectivity index (χ4v) is 5.45. The van der Waals surface area contributed by atoms with Crippen LogP contribution in [-0.4, -0.2) is 35.5 Å². The van der Waals surface area contributed by atoms with E-state index in [2.05, 4.69) is 25.1 Å². The molecule has 3 aromatic rings. The molecule has 0 bridgehead atoms. The molecule has 5 nitrogen and oxygen atoms in total. The summed E-state index contributed by atoms with van der Waals surface area (Å²) in [5.41, 5.74) is 4.65. The van der Waals surface area contributed by atoms with E-state index in [0.29, 0.717) is 13.0 Å². The summed E-state index contributed by atoms with van der Waals surface area (Å²) in [5, 5.41) is 0.993. The van der Waals surface area contributed by atoms with Crippen molar-refractivity contribution in [1.29, 1.82) is 0 Å². The highest BCUT2D eigenvalue weighted by Gasteiger charge is 2.25. The highest BCUT2D eigenvalue weighted by molar-refractivity contribution is 7.15. The number of aromatic nitrogens is 1. The zero-order chi connectivity index (χ0) is 21.4. The molecule has 1 aromatic heterocycles. The van der Waals surface area contributed by atoms with Crippen LogP contribution in [0, 0.1) is 0 Å². The molecule has 2 aromatic carbocycles. The zero-order valence-electron chi connectivity index (χ0n) is 17.9. The molecule has 6 heteroatoms. The second kappa shape index (κ2) is 8.35. The number of amides is 1. The Morgan fingerprint density at radius 1 is 1.29 bits per heavy atom. The second-order valence-corrected chi connectivity index (χ2v) is 9.34. The number of carbonyl (C=O) groups excluding carboxylic acids is 1. The van der Waals surface area contributed by atoms with Gasteiger partial charge in [-0.25, -0.2) is 4.98 Å². The SMILES string of the molecule is COc1cccc(-c2nc3c(s2)CN(C(=O)CCc2ccc4c(c2)CC(C)O4)CC3)c1. The van der Waals surface area contributed by atoms with Crippen LogP contribution in [0.1, 0.15) is 35.0 Å². The van der Waals surface area contributed by atoms with Crippen LogP contribution in [0.3, 0.4) is 0 Å². The monoisotopic (exact) mass is 434 g/mol. The number of carbonyl (C=O) groups is 1. The van der Waals surface area contributed by atoms with E-state index in [1.54, 1.807) is 18.4 Å². The van der Waals surface area contributed by atoms with E-state index < -0.39 is 0 Å². The summed E-state index contributed by atoms with van der Waals surface area (Å²) in [6.07, 6.45) is 3.31. The zero-order valence-corrected chi connectivity index (χ0v) is 18.7. The molecule has 1 unspecified atom stereocenters. The first-order valence-electron chi connectivity index (χ1n) is 10.8. The minimum Gasteiger partial charge on any atom is -0.497 e. The van der Waals surface area contributed by atoms with Crippen molar-refractivity contribution in [1.82, 2.24) is 9.88 Å². The van der Waals surface area contributed by atoms with Crippen LogP contribution >= 0.6 is 11.3 Å². The van der Waals surface area contributed by atoms with Crippen molar-refractivity contribution in [2.75, 3.05) is 13.7 Å². The number of hydrogen-bond acceptors (Lipinski definition) is 5. The number of aryl methyl sites for hydroxylation is 1. The van der Waals surface area contributed by atoms with Gasteiger partial charge in [0.15, 0.2) is 0 Å². The summed E-state index contributed by atoms with van der Waals surface area (Å²) < 4.78 is 11.1. The third-order valence-electron chi connectivity index (χ3n) is 5.99. The topological polar surface area (TPSA) is 51.7 Å². The van der Waals surface area contributed by atoms with E-state index in [4.69, 9.17) is 14.5 Å². The van der Waals surface area contributed by atoms with Crippen LogP contribution < -0.4 is 9.47 Å². The quantitative estimate of drug-likeness (QED) is 0.586. The molecule has 5 rings (SSSR count). The third kappa shape index (κ3) is 4.17. The second-order valence-electron chi connectivity index (χ2n) is 8.26. The van der Waals surface area contributed by atoms with Crippen molar-refractivity contribution in [3.8, 4) is 22.1 Å². The largest absolute Gasteiger partial charge is 0.497 e. The number of thiazole rings is 1. The van der Waals surface area contributed by atoms with Gasteiger partial charge in [-0.1, -0.05) is 24.3 Å². The minimum absolute atomic E-state index is 0.215. The molecule has 0 fully saturated rings. The lowest BCUT2D eigenvalue weighted by Gasteiger charge is -2.26. The summed E-state index contributed by atoms with van der Waals surface area (Å²) >= 11 is 1.68. The van der Waals surface area contributed by atoms with E-state index >= 15 is 0 Å². The molecule has 2 aliphatic heterocycles. The van der Waals surface area contributed by atoms with Gasteiger partial charge in [0.1, 0.15) is 22.6 Å². The molecule has 1 amide bonds. The van der Waals surface area contributed by atoms with Gasteiger partial charge < -0.3 is 14.4 Å². The molecular formula is C25H26N2O3S. The van der Waals surface area contributed by atoms with Gasteiger partial charge in [0.05, 0.1) is 19.3 Å². The molecule has 3 heterocycles. The van der Waals surface area contributed by atoms with Gasteiger partial charge >= 0.3 is 0 Å². The standard InChI is InChI=1S/C25H26N2O3S/c1-16-12-19-13-17(6-8-22(19)30-16)7-9-24(28)27-11-10-21-23(15-27)31-25(26-21)18-4-3-5-20(14-18)29-2/h3-6,8,13-14,16H,7,9-12,15H2,1-2H3. The summed E-state index contributed by atoms with van der Waals surface area (Å²) in [4.78, 5) is 20.9. The molecule has 1 atom stereocenters. The Morgan fingerprint density at radius 3 is 3.06 bits per heavy atom. The predicted molar refractivity (Wildman–Crippen MR) is 122 cm³/mol. The molecule has 0 saturated heterocycles. The lowest BCUT2D eigenvalue weighted by Crippen LogP contribution is -2.35. The first kappa shape index (κ1) is 20.1. The Bertz CT molecular complexity index is 1120. The number of rotatable bonds is 5. The molecule has 2 aliphatic rings. The van der Waals surface area contributed by atoms with Crippen molar-refractivity contribution >= 4 is 17.2 Å². The van der Waals surface area contributed by atoms with Crippen LogP contribution in [0.25, 0.3) is 10.6 Å². The maximum Gasteiger partial charge on any atom is 0.223 e. The van der Waals surface area contributed by atoms with Crippen molar-refractivity contribution in [3.05, 3.63) is 64.2 Å². The van der Waals surface area contributed by atoms with Crippen LogP contribution in [0.2, 0.25) is 0 Å². The van der Waals surface area contributed by atoms with Crippen LogP contribution in [-0.2, 0) is 30.6 Å². The number of fused-ring (bicyclic) bond motifs is 2. The predicted octanol–water partition coefficient (Wildman–Crippen LogP) is 4.66. The molecule has 0 N–H and O–H groups in total. The summed E-state index contributed by atoms with van der Waals surface area (Å²) in [6.45, 7) is 3.49. The maximum atomic E-state index is 12.9. The van der Waals surface area contributed by atoms with E-state index in [1.807, 2.05) is 29.2 Å². The van der Waals surface area contributed by atoms with Gasteiger partial charge in [-0.15, -0.1) is 11.3 Å². The average molecular weight is 435 g/mol. The molecule has 31 heavy (non-hydrogen) atoms. The normalized spacial score (nSPS) is 17.1. The summed E-state index contributed by atoms with van der Waals surface area (Å²) in [6, 6.07) is 14.3. The van der Waals surface area contributed by atoms with Crippen molar-refractivity contribution < 1.29 is 14.3 Å². The van der Waals surface area contributed by atoms with Crippen LogP contribution in [0.15, 0.2) is 42.5 Å². The molecule has 0 saturated carbocycles. The number of hydrogen-bond donors (Lipinski definition) is 0. The molecule has 0 radical (unpaired) electrons. The van der Waals surface area contributed by atoms with Gasteiger partial charge in [0, 0.05) is 36.2 Å². The Hall–Kier alpha value is -2.86. The van der Waals surface area contributed by atoms with E-state index in [-0.39, 0.29) is 12.0 Å². The van der Waals surface area contributed by atoms with Gasteiger partial charge in [0.25, 0.3) is 0 Å². The summed E-state index contributed by atoms with van der Waals surface area (Å²) in [7, 11) is 1.67. The number of methoxy groups -OCH3 is 1. The van der Waals surface area contributed by atoms with Gasteiger partial charge in [0.2, 0.25) is 5.91 Å². The highest BCUT2D eigenvalue weighted by Crippen LogP contribution is 2.33. The van der Waals surface area contributed by atoms with Crippen molar-refractivity contribution in [2.45, 2.75) is 45.3 Å². The van der Waals surface area contributed by atoms with Crippen molar-refractivity contribution in [3.63, 3.8) is 0 Å². The lowest BCUT2D eigenvalue weighted by atomic mass is 10.0. The molecule has 160 valence electrons. The fourth-order valence-electron chi connectivity index (χ4n) is 4.33. The Kier molecular flexibility index (Phi) is 5.40. The average Bonchev–Trinajstić information content (AvgIpc) is 3.39. The smallest absolute Gasteiger partial charge is 0.223 e. The first-order valence-corrected chi connectivity index (χ1v) is 11.6. The van der Waals surface area contributed by atoms with Crippen molar-refractivity contribution in [2.24, 2.45) is 0 Å². The minimum atomic E-state index is 0.215. The third-order valence-corrected chi connectivity index (χ3v) is 7.12. The van der Waals surface area contributed by atoms with Gasteiger partial charge in [-0.2, -0.15) is 0 Å². The first-order chi connectivity index (χ1) is 15.1. The Balaban J connectivity index is 1.23. The van der Waals surface area contributed by atoms with Crippen LogP contribution in [0.5, 0.6) is 11.5 Å². The van der Waals surface area contributed by atoms with E-state index in [0.717, 1.165) is 53.6 Å². The Morgan fingerprint density at radius 2 is 2.19 bits per heavy atom. The molecule has 0 spiro atoms. The Labute approximate surface area is 186 Å². The van der Waals surface area contributed by atoms with Crippen LogP contribution in [0.4, 0.5) is 0 Å². The highest BCUT2D eigenvalue weighted by atomic mass is 32.1. The fraction of sp³-hybridized carbons (Fsp3) is 0.360. The van der Waals surface area contributed by atoms with Gasteiger partial charge in [-0.05, 0) is 42.7 Å². The summed E-state index contributed by atoms with van der Waals surface area (Å²) in [5.74, 6) is 2.03. The number of nitrogens with zero attached hydrogens (tertiary/aromatic N) is 2. The van der Waals surface area contributed by atoms with E-state index in [9.17, 15) is 4.79 Å². The van der Waals surface area contributed by atoms with E-state index in [1.165, 1.54) is 16.0 Å². The number of ether oxygens (including phenoxy) is 2. The molecular weight excluding hydrogens is 408 g/mol. The lowest BCUT2D eigenvalue weighted by molar-refractivity contribution is -0.132.